The maximum atomic E-state index is 12.3. The Kier molecular flexibility index (Phi) is 5.17. The summed E-state index contributed by atoms with van der Waals surface area (Å²) < 4.78 is 1.68. The van der Waals surface area contributed by atoms with Crippen LogP contribution in [-0.2, 0) is 11.2 Å². The van der Waals surface area contributed by atoms with E-state index >= 15 is 0 Å². The fourth-order valence-corrected chi connectivity index (χ4v) is 3.15. The minimum Gasteiger partial charge on any atom is -0.308 e. The summed E-state index contributed by atoms with van der Waals surface area (Å²) >= 11 is 1.42. The van der Waals surface area contributed by atoms with Crippen molar-refractivity contribution in [2.75, 3.05) is 11.6 Å². The molecule has 0 aliphatic heterocycles. The van der Waals surface area contributed by atoms with Gasteiger partial charge >= 0.3 is 0 Å². The van der Waals surface area contributed by atoms with Crippen molar-refractivity contribution >= 4 is 23.5 Å². The number of rotatable bonds is 5. The van der Waals surface area contributed by atoms with Gasteiger partial charge in [0.15, 0.2) is 5.82 Å². The van der Waals surface area contributed by atoms with E-state index in [0.29, 0.717) is 10.6 Å². The molecule has 0 saturated carbocycles. The van der Waals surface area contributed by atoms with Gasteiger partial charge in [-0.25, -0.2) is 4.68 Å². The normalized spacial score (nSPS) is 10.2. The van der Waals surface area contributed by atoms with Gasteiger partial charge in [0.25, 0.3) is 0 Å². The van der Waals surface area contributed by atoms with Crippen molar-refractivity contribution in [3.63, 3.8) is 0 Å². The van der Waals surface area contributed by atoms with Crippen LogP contribution < -0.4 is 5.32 Å². The molecule has 1 amide bonds. The van der Waals surface area contributed by atoms with Crippen LogP contribution in [0.1, 0.15) is 11.1 Å². The molecular formula is C19H16N4OS. The molecule has 0 saturated heterocycles. The van der Waals surface area contributed by atoms with Crippen molar-refractivity contribution in [1.82, 2.24) is 9.78 Å². The second-order valence-corrected chi connectivity index (χ2v) is 6.10. The van der Waals surface area contributed by atoms with E-state index in [0.717, 1.165) is 11.3 Å². The highest BCUT2D eigenvalue weighted by molar-refractivity contribution is 7.98. The molecule has 1 heterocycles. The number of carbonyl (C=O) groups excluding carboxylic acids is 1. The summed E-state index contributed by atoms with van der Waals surface area (Å²) in [6, 6.07) is 21.2. The van der Waals surface area contributed by atoms with Gasteiger partial charge in [-0.15, -0.1) is 16.9 Å². The maximum Gasteiger partial charge on any atom is 0.230 e. The SMILES string of the molecule is CSc1c(C#N)c(NC(=O)Cc2ccccc2)nn1-c1ccccc1. The van der Waals surface area contributed by atoms with Crippen LogP contribution in [0.5, 0.6) is 0 Å². The van der Waals surface area contributed by atoms with Crippen LogP contribution in [-0.4, -0.2) is 21.9 Å². The van der Waals surface area contributed by atoms with E-state index in [1.807, 2.05) is 66.9 Å². The first-order valence-electron chi connectivity index (χ1n) is 7.69. The number of aromatic nitrogens is 2. The number of nitriles is 1. The molecule has 0 unspecified atom stereocenters. The van der Waals surface area contributed by atoms with Gasteiger partial charge in [0.2, 0.25) is 5.91 Å². The van der Waals surface area contributed by atoms with Gasteiger partial charge in [-0.1, -0.05) is 48.5 Å². The molecule has 0 fully saturated rings. The molecule has 2 aromatic carbocycles. The van der Waals surface area contributed by atoms with Gasteiger partial charge in [-0.2, -0.15) is 5.26 Å². The van der Waals surface area contributed by atoms with Gasteiger partial charge in [0.1, 0.15) is 16.7 Å². The highest BCUT2D eigenvalue weighted by Gasteiger charge is 2.20. The largest absolute Gasteiger partial charge is 0.308 e. The Morgan fingerprint density at radius 2 is 1.80 bits per heavy atom. The maximum absolute atomic E-state index is 12.3. The van der Waals surface area contributed by atoms with Crippen molar-refractivity contribution in [1.29, 1.82) is 5.26 Å². The molecule has 5 nitrogen and oxygen atoms in total. The number of hydrogen-bond acceptors (Lipinski definition) is 4. The van der Waals surface area contributed by atoms with E-state index in [1.165, 1.54) is 11.8 Å². The zero-order chi connectivity index (χ0) is 17.6. The highest BCUT2D eigenvalue weighted by atomic mass is 32.2. The number of benzene rings is 2. The van der Waals surface area contributed by atoms with E-state index in [4.69, 9.17) is 0 Å². The fourth-order valence-electron chi connectivity index (χ4n) is 2.48. The third-order valence-electron chi connectivity index (χ3n) is 3.61. The van der Waals surface area contributed by atoms with Crippen LogP contribution in [0.2, 0.25) is 0 Å². The van der Waals surface area contributed by atoms with Gasteiger partial charge in [-0.05, 0) is 24.0 Å². The summed E-state index contributed by atoms with van der Waals surface area (Å²) in [6.07, 6.45) is 2.12. The third kappa shape index (κ3) is 3.73. The Morgan fingerprint density at radius 3 is 2.40 bits per heavy atom. The zero-order valence-electron chi connectivity index (χ0n) is 13.6. The van der Waals surface area contributed by atoms with E-state index < -0.39 is 0 Å². The molecule has 6 heteroatoms. The number of nitrogens with zero attached hydrogens (tertiary/aromatic N) is 3. The lowest BCUT2D eigenvalue weighted by molar-refractivity contribution is -0.115. The molecule has 0 aliphatic carbocycles. The van der Waals surface area contributed by atoms with E-state index in [1.54, 1.807) is 4.68 Å². The Hall–Kier alpha value is -3.04. The zero-order valence-corrected chi connectivity index (χ0v) is 14.5. The second kappa shape index (κ2) is 7.69. The molecular weight excluding hydrogens is 332 g/mol. The smallest absolute Gasteiger partial charge is 0.230 e. The molecule has 1 N–H and O–H groups in total. The molecule has 0 bridgehead atoms. The quantitative estimate of drug-likeness (QED) is 0.715. The number of carbonyl (C=O) groups is 1. The molecule has 0 atom stereocenters. The van der Waals surface area contributed by atoms with Crippen LogP contribution in [0.3, 0.4) is 0 Å². The Morgan fingerprint density at radius 1 is 1.16 bits per heavy atom. The first-order valence-corrected chi connectivity index (χ1v) is 8.91. The van der Waals surface area contributed by atoms with Crippen molar-refractivity contribution in [3.8, 4) is 11.8 Å². The number of thioether (sulfide) groups is 1. The van der Waals surface area contributed by atoms with Gasteiger partial charge in [0, 0.05) is 0 Å². The van der Waals surface area contributed by atoms with E-state index in [-0.39, 0.29) is 18.1 Å². The lowest BCUT2D eigenvalue weighted by atomic mass is 10.1. The standard InChI is InChI=1S/C19H16N4OS/c1-25-19-16(13-20)18(22-23(19)15-10-6-3-7-11-15)21-17(24)12-14-8-4-2-5-9-14/h2-11H,12H2,1H3,(H,21,22,24). The summed E-state index contributed by atoms with van der Waals surface area (Å²) in [5.41, 5.74) is 2.12. The molecule has 25 heavy (non-hydrogen) atoms. The van der Waals surface area contributed by atoms with Crippen molar-refractivity contribution in [2.24, 2.45) is 0 Å². The summed E-state index contributed by atoms with van der Waals surface area (Å²) in [5.74, 6) is 0.0877. The van der Waals surface area contributed by atoms with Gasteiger partial charge < -0.3 is 5.32 Å². The van der Waals surface area contributed by atoms with Crippen LogP contribution >= 0.6 is 11.8 Å². The average molecular weight is 348 g/mol. The van der Waals surface area contributed by atoms with Gasteiger partial charge in [0.05, 0.1) is 12.1 Å². The highest BCUT2D eigenvalue weighted by Crippen LogP contribution is 2.29. The Labute approximate surface area is 150 Å². The number of anilines is 1. The summed E-state index contributed by atoms with van der Waals surface area (Å²) in [7, 11) is 0. The molecule has 3 aromatic rings. The van der Waals surface area contributed by atoms with Crippen LogP contribution in [0.15, 0.2) is 65.7 Å². The molecule has 3 rings (SSSR count). The minimum atomic E-state index is -0.201. The molecule has 0 spiro atoms. The van der Waals surface area contributed by atoms with Crippen molar-refractivity contribution in [2.45, 2.75) is 11.4 Å². The van der Waals surface area contributed by atoms with Crippen molar-refractivity contribution in [3.05, 3.63) is 71.8 Å². The minimum absolute atomic E-state index is 0.201. The topological polar surface area (TPSA) is 70.7 Å². The monoisotopic (exact) mass is 348 g/mol. The lowest BCUT2D eigenvalue weighted by Crippen LogP contribution is -2.15. The number of para-hydroxylation sites is 1. The molecule has 0 radical (unpaired) electrons. The molecule has 124 valence electrons. The van der Waals surface area contributed by atoms with Gasteiger partial charge in [-0.3, -0.25) is 4.79 Å². The lowest BCUT2D eigenvalue weighted by Gasteiger charge is -2.04. The number of nitrogens with one attached hydrogen (secondary N) is 1. The molecule has 1 aromatic heterocycles. The predicted octanol–water partition coefficient (Wildman–Crippen LogP) is 3.65. The second-order valence-electron chi connectivity index (χ2n) is 5.30. The average Bonchev–Trinajstić information content (AvgIpc) is 3.00. The summed E-state index contributed by atoms with van der Waals surface area (Å²) in [6.45, 7) is 0. The van der Waals surface area contributed by atoms with Crippen LogP contribution in [0.25, 0.3) is 5.69 Å². The Balaban J connectivity index is 1.90. The summed E-state index contributed by atoms with van der Waals surface area (Å²) in [5, 5.41) is 17.4. The van der Waals surface area contributed by atoms with E-state index in [9.17, 15) is 10.1 Å². The number of amides is 1. The first-order chi connectivity index (χ1) is 12.2. The third-order valence-corrected chi connectivity index (χ3v) is 4.38. The predicted molar refractivity (Wildman–Crippen MR) is 98.8 cm³/mol. The first kappa shape index (κ1) is 16.8. The van der Waals surface area contributed by atoms with E-state index in [2.05, 4.69) is 16.5 Å². The Bertz CT molecular complexity index is 914. The fraction of sp³-hybridized carbons (Fsp3) is 0.105. The van der Waals surface area contributed by atoms with Crippen LogP contribution in [0, 0.1) is 11.3 Å². The number of hydrogen-bond donors (Lipinski definition) is 1. The summed E-state index contributed by atoms with van der Waals surface area (Å²) in [4.78, 5) is 12.3. The van der Waals surface area contributed by atoms with Crippen LogP contribution in [0.4, 0.5) is 5.82 Å². The molecule has 0 aliphatic rings. The van der Waals surface area contributed by atoms with Crippen molar-refractivity contribution < 1.29 is 4.79 Å².